The topological polar surface area (TPSA) is 38.1 Å². The van der Waals surface area contributed by atoms with Gasteiger partial charge in [-0.25, -0.2) is 9.78 Å². The van der Waals surface area contributed by atoms with Crippen LogP contribution in [0.5, 0.6) is 0 Å². The normalized spacial score (nSPS) is 19.7. The molecule has 4 nitrogen and oxygen atoms in total. The van der Waals surface area contributed by atoms with Gasteiger partial charge in [0.2, 0.25) is 0 Å². The van der Waals surface area contributed by atoms with Crippen LogP contribution in [0.25, 0.3) is 0 Å². The summed E-state index contributed by atoms with van der Waals surface area (Å²) >= 11 is 0. The SMILES string of the molecule is CC1(C)CCN1C(=O)n1ccnc1. The van der Waals surface area contributed by atoms with Crippen molar-refractivity contribution in [1.82, 2.24) is 14.5 Å². The number of imidazole rings is 1. The van der Waals surface area contributed by atoms with Crippen molar-refractivity contribution in [2.75, 3.05) is 6.54 Å². The minimum atomic E-state index is 0.0152. The maximum absolute atomic E-state index is 11.8. The first-order valence-electron chi connectivity index (χ1n) is 4.41. The molecule has 0 unspecified atom stereocenters. The van der Waals surface area contributed by atoms with Crippen molar-refractivity contribution in [3.05, 3.63) is 18.7 Å². The van der Waals surface area contributed by atoms with E-state index >= 15 is 0 Å². The number of rotatable bonds is 0. The summed E-state index contributed by atoms with van der Waals surface area (Å²) in [6.07, 6.45) is 5.91. The minimum absolute atomic E-state index is 0.0152. The van der Waals surface area contributed by atoms with Gasteiger partial charge in [-0.1, -0.05) is 0 Å². The Kier molecular flexibility index (Phi) is 1.65. The van der Waals surface area contributed by atoms with Crippen LogP contribution in [0.15, 0.2) is 18.7 Å². The molecular formula is C9H13N3O. The van der Waals surface area contributed by atoms with Gasteiger partial charge < -0.3 is 4.90 Å². The molecular weight excluding hydrogens is 166 g/mol. The summed E-state index contributed by atoms with van der Waals surface area (Å²) < 4.78 is 1.51. The van der Waals surface area contributed by atoms with Crippen molar-refractivity contribution < 1.29 is 4.79 Å². The van der Waals surface area contributed by atoms with Crippen LogP contribution in [0.3, 0.4) is 0 Å². The van der Waals surface area contributed by atoms with Crippen LogP contribution in [-0.4, -0.2) is 32.6 Å². The highest BCUT2D eigenvalue weighted by atomic mass is 16.2. The second kappa shape index (κ2) is 2.58. The first-order chi connectivity index (χ1) is 6.11. The van der Waals surface area contributed by atoms with Crippen LogP contribution in [-0.2, 0) is 0 Å². The van der Waals surface area contributed by atoms with E-state index in [2.05, 4.69) is 18.8 Å². The van der Waals surface area contributed by atoms with Gasteiger partial charge in [-0.05, 0) is 20.3 Å². The molecule has 1 aromatic rings. The van der Waals surface area contributed by atoms with E-state index in [4.69, 9.17) is 0 Å². The molecule has 2 heterocycles. The Morgan fingerprint density at radius 1 is 1.54 bits per heavy atom. The number of carbonyl (C=O) groups is 1. The van der Waals surface area contributed by atoms with Gasteiger partial charge in [-0.15, -0.1) is 0 Å². The van der Waals surface area contributed by atoms with Gasteiger partial charge in [0, 0.05) is 24.5 Å². The predicted octanol–water partition coefficient (Wildman–Crippen LogP) is 1.34. The maximum atomic E-state index is 11.8. The summed E-state index contributed by atoms with van der Waals surface area (Å²) in [6.45, 7) is 5.00. The molecule has 0 spiro atoms. The van der Waals surface area contributed by atoms with Gasteiger partial charge >= 0.3 is 6.03 Å². The molecule has 0 saturated carbocycles. The first kappa shape index (κ1) is 8.29. The molecule has 0 radical (unpaired) electrons. The Labute approximate surface area is 77.2 Å². The lowest BCUT2D eigenvalue weighted by Gasteiger charge is -2.48. The molecule has 13 heavy (non-hydrogen) atoms. The summed E-state index contributed by atoms with van der Waals surface area (Å²) in [6, 6.07) is 0.0220. The number of aromatic nitrogens is 2. The second-order valence-corrected chi connectivity index (χ2v) is 3.97. The molecule has 0 atom stereocenters. The third-order valence-corrected chi connectivity index (χ3v) is 2.63. The van der Waals surface area contributed by atoms with Crippen molar-refractivity contribution in [3.8, 4) is 0 Å². The molecule has 1 amide bonds. The van der Waals surface area contributed by atoms with E-state index in [1.165, 1.54) is 10.9 Å². The summed E-state index contributed by atoms with van der Waals surface area (Å²) in [5.74, 6) is 0. The Morgan fingerprint density at radius 2 is 2.31 bits per heavy atom. The van der Waals surface area contributed by atoms with Crippen molar-refractivity contribution >= 4 is 6.03 Å². The number of carbonyl (C=O) groups excluding carboxylic acids is 1. The Hall–Kier alpha value is -1.32. The van der Waals surface area contributed by atoms with Gasteiger partial charge in [0.25, 0.3) is 0 Å². The van der Waals surface area contributed by atoms with Crippen molar-refractivity contribution in [2.24, 2.45) is 0 Å². The highest BCUT2D eigenvalue weighted by Gasteiger charge is 2.39. The molecule has 1 saturated heterocycles. The van der Waals surface area contributed by atoms with E-state index in [9.17, 15) is 4.79 Å². The molecule has 70 valence electrons. The average Bonchev–Trinajstić information content (AvgIpc) is 2.54. The van der Waals surface area contributed by atoms with Gasteiger partial charge in [0.05, 0.1) is 0 Å². The fourth-order valence-corrected chi connectivity index (χ4v) is 1.54. The van der Waals surface area contributed by atoms with E-state index in [1.54, 1.807) is 12.4 Å². The monoisotopic (exact) mass is 179 g/mol. The maximum Gasteiger partial charge on any atom is 0.329 e. The summed E-state index contributed by atoms with van der Waals surface area (Å²) in [7, 11) is 0. The second-order valence-electron chi connectivity index (χ2n) is 3.97. The average molecular weight is 179 g/mol. The fourth-order valence-electron chi connectivity index (χ4n) is 1.54. The first-order valence-corrected chi connectivity index (χ1v) is 4.41. The third-order valence-electron chi connectivity index (χ3n) is 2.63. The molecule has 4 heteroatoms. The van der Waals surface area contributed by atoms with E-state index in [-0.39, 0.29) is 11.6 Å². The molecule has 0 N–H and O–H groups in total. The highest BCUT2D eigenvalue weighted by Crippen LogP contribution is 2.29. The zero-order valence-electron chi connectivity index (χ0n) is 7.90. The van der Waals surface area contributed by atoms with Crippen molar-refractivity contribution in [2.45, 2.75) is 25.8 Å². The molecule has 1 aliphatic rings. The van der Waals surface area contributed by atoms with Crippen LogP contribution in [0.4, 0.5) is 4.79 Å². The molecule has 1 fully saturated rings. The molecule has 0 aliphatic carbocycles. The lowest BCUT2D eigenvalue weighted by Crippen LogP contribution is -2.59. The van der Waals surface area contributed by atoms with Crippen LogP contribution >= 0.6 is 0 Å². The third kappa shape index (κ3) is 1.22. The van der Waals surface area contributed by atoms with Crippen molar-refractivity contribution in [1.29, 1.82) is 0 Å². The summed E-state index contributed by atoms with van der Waals surface area (Å²) in [4.78, 5) is 17.5. The van der Waals surface area contributed by atoms with Gasteiger partial charge in [0.1, 0.15) is 6.33 Å². The lowest BCUT2D eigenvalue weighted by atomic mass is 9.89. The van der Waals surface area contributed by atoms with E-state index in [0.29, 0.717) is 0 Å². The van der Waals surface area contributed by atoms with Crippen LogP contribution in [0.2, 0.25) is 0 Å². The van der Waals surface area contributed by atoms with E-state index in [1.807, 2.05) is 4.90 Å². The van der Waals surface area contributed by atoms with Crippen LogP contribution in [0.1, 0.15) is 20.3 Å². The predicted molar refractivity (Wildman–Crippen MR) is 48.4 cm³/mol. The Balaban J connectivity index is 2.15. The molecule has 0 aromatic carbocycles. The number of hydrogen-bond donors (Lipinski definition) is 0. The van der Waals surface area contributed by atoms with Gasteiger partial charge in [-0.2, -0.15) is 0 Å². The zero-order chi connectivity index (χ0) is 9.47. The molecule has 1 aromatic heterocycles. The minimum Gasteiger partial charge on any atom is -0.319 e. The molecule has 1 aliphatic heterocycles. The summed E-state index contributed by atoms with van der Waals surface area (Å²) in [5.41, 5.74) is 0.0152. The number of nitrogens with zero attached hydrogens (tertiary/aromatic N) is 3. The standard InChI is InChI=1S/C9H13N3O/c1-9(2)3-5-12(9)8(13)11-6-4-10-7-11/h4,6-7H,3,5H2,1-2H3. The Morgan fingerprint density at radius 3 is 2.69 bits per heavy atom. The van der Waals surface area contributed by atoms with E-state index in [0.717, 1.165) is 13.0 Å². The lowest BCUT2D eigenvalue weighted by molar-refractivity contribution is 0.0540. The molecule has 2 rings (SSSR count). The highest BCUT2D eigenvalue weighted by molar-refractivity contribution is 5.78. The van der Waals surface area contributed by atoms with E-state index < -0.39 is 0 Å². The largest absolute Gasteiger partial charge is 0.329 e. The Bertz CT molecular complexity index is 316. The molecule has 0 bridgehead atoms. The summed E-state index contributed by atoms with van der Waals surface area (Å²) in [5, 5.41) is 0. The van der Waals surface area contributed by atoms with Crippen LogP contribution in [0, 0.1) is 0 Å². The number of hydrogen-bond acceptors (Lipinski definition) is 2. The number of amides is 1. The smallest absolute Gasteiger partial charge is 0.319 e. The van der Waals surface area contributed by atoms with Gasteiger partial charge in [-0.3, -0.25) is 4.57 Å². The zero-order valence-corrected chi connectivity index (χ0v) is 7.90. The van der Waals surface area contributed by atoms with Crippen LogP contribution < -0.4 is 0 Å². The fraction of sp³-hybridized carbons (Fsp3) is 0.556. The van der Waals surface area contributed by atoms with Gasteiger partial charge in [0.15, 0.2) is 0 Å². The quantitative estimate of drug-likeness (QED) is 0.602. The number of likely N-dealkylation sites (tertiary alicyclic amines) is 1. The van der Waals surface area contributed by atoms with Crippen molar-refractivity contribution in [3.63, 3.8) is 0 Å².